The van der Waals surface area contributed by atoms with Crippen molar-refractivity contribution in [3.8, 4) is 11.5 Å². The number of ether oxygens (including phenoxy) is 2. The van der Waals surface area contributed by atoms with E-state index in [2.05, 4.69) is 18.3 Å². The summed E-state index contributed by atoms with van der Waals surface area (Å²) in [4.78, 5) is 0. The Balaban J connectivity index is 1.91. The number of methoxy groups -OCH3 is 1. The molecule has 1 aromatic rings. The second-order valence-corrected chi connectivity index (χ2v) is 6.40. The second-order valence-electron chi connectivity index (χ2n) is 5.00. The van der Waals surface area contributed by atoms with Crippen molar-refractivity contribution in [2.75, 3.05) is 25.2 Å². The van der Waals surface area contributed by atoms with Gasteiger partial charge in [0.2, 0.25) is 0 Å². The van der Waals surface area contributed by atoms with Gasteiger partial charge in [-0.2, -0.15) is 11.8 Å². The summed E-state index contributed by atoms with van der Waals surface area (Å²) in [5.74, 6) is 4.07. The maximum atomic E-state index is 5.98. The van der Waals surface area contributed by atoms with Crippen LogP contribution in [0.5, 0.6) is 11.5 Å². The highest BCUT2D eigenvalue weighted by atomic mass is 32.2. The molecule has 0 saturated heterocycles. The minimum absolute atomic E-state index is 0.704. The highest BCUT2D eigenvalue weighted by Gasteiger charge is 2.21. The lowest BCUT2D eigenvalue weighted by molar-refractivity contribution is 0.291. The average Bonchev–Trinajstić information content (AvgIpc) is 3.29. The first-order valence-corrected chi connectivity index (χ1v) is 8.60. The fraction of sp³-hybridized carbons (Fsp3) is 0.625. The Kier molecular flexibility index (Phi) is 6.54. The van der Waals surface area contributed by atoms with Crippen molar-refractivity contribution in [1.29, 1.82) is 0 Å². The molecule has 1 fully saturated rings. The van der Waals surface area contributed by atoms with Crippen molar-refractivity contribution < 1.29 is 9.47 Å². The minimum atomic E-state index is 0.704. The van der Waals surface area contributed by atoms with E-state index < -0.39 is 0 Å². The summed E-state index contributed by atoms with van der Waals surface area (Å²) in [7, 11) is 1.70. The molecule has 1 N–H and O–H groups in total. The van der Waals surface area contributed by atoms with Crippen molar-refractivity contribution in [2.24, 2.45) is 0 Å². The van der Waals surface area contributed by atoms with E-state index in [1.54, 1.807) is 7.11 Å². The number of rotatable bonds is 10. The summed E-state index contributed by atoms with van der Waals surface area (Å²) in [6, 6.07) is 6.82. The summed E-state index contributed by atoms with van der Waals surface area (Å²) in [5.41, 5.74) is 1.19. The lowest BCUT2D eigenvalue weighted by atomic mass is 10.2. The molecule has 1 aliphatic rings. The first-order valence-electron chi connectivity index (χ1n) is 7.45. The molecule has 112 valence electrons. The monoisotopic (exact) mass is 295 g/mol. The first-order chi connectivity index (χ1) is 9.85. The predicted octanol–water partition coefficient (Wildman–Crippen LogP) is 3.47. The Bertz CT molecular complexity index is 407. The van der Waals surface area contributed by atoms with Crippen molar-refractivity contribution in [2.45, 2.75) is 38.8 Å². The van der Waals surface area contributed by atoms with Gasteiger partial charge in [-0.15, -0.1) is 0 Å². The molecule has 1 aliphatic carbocycles. The molecule has 0 unspecified atom stereocenters. The van der Waals surface area contributed by atoms with E-state index in [0.717, 1.165) is 36.8 Å². The van der Waals surface area contributed by atoms with Crippen molar-refractivity contribution >= 4 is 11.8 Å². The summed E-state index contributed by atoms with van der Waals surface area (Å²) >= 11 is 1.96. The van der Waals surface area contributed by atoms with Crippen LogP contribution >= 0.6 is 11.8 Å². The molecular formula is C16H25NO2S. The van der Waals surface area contributed by atoms with Crippen LogP contribution in [0.15, 0.2) is 18.2 Å². The van der Waals surface area contributed by atoms with E-state index in [0.29, 0.717) is 6.04 Å². The molecule has 20 heavy (non-hydrogen) atoms. The van der Waals surface area contributed by atoms with Gasteiger partial charge >= 0.3 is 0 Å². The Hall–Kier alpha value is -0.870. The molecule has 0 bridgehead atoms. The standard InChI is InChI=1S/C16H25NO2S/c1-3-20-11-5-10-19-16-13(12-17-14-8-9-14)6-4-7-15(16)18-2/h4,6-7,14,17H,3,5,8-12H2,1-2H3. The molecule has 0 amide bonds. The lowest BCUT2D eigenvalue weighted by Crippen LogP contribution is -2.16. The molecular weight excluding hydrogens is 270 g/mol. The maximum Gasteiger partial charge on any atom is 0.165 e. The van der Waals surface area contributed by atoms with Gasteiger partial charge in [0.1, 0.15) is 0 Å². The summed E-state index contributed by atoms with van der Waals surface area (Å²) in [6.45, 7) is 3.80. The number of benzene rings is 1. The smallest absolute Gasteiger partial charge is 0.165 e. The number of nitrogens with one attached hydrogen (secondary N) is 1. The zero-order valence-corrected chi connectivity index (χ0v) is 13.3. The normalized spacial score (nSPS) is 14.3. The average molecular weight is 295 g/mol. The van der Waals surface area contributed by atoms with E-state index in [9.17, 15) is 0 Å². The third kappa shape index (κ3) is 4.91. The molecule has 0 aliphatic heterocycles. The summed E-state index contributed by atoms with van der Waals surface area (Å²) in [6.07, 6.45) is 3.68. The van der Waals surface area contributed by atoms with E-state index in [1.165, 1.54) is 24.2 Å². The van der Waals surface area contributed by atoms with Gasteiger partial charge < -0.3 is 14.8 Å². The number of hydrogen-bond acceptors (Lipinski definition) is 4. The number of para-hydroxylation sites is 1. The van der Waals surface area contributed by atoms with Gasteiger partial charge in [0.15, 0.2) is 11.5 Å². The van der Waals surface area contributed by atoms with Crippen LogP contribution in [-0.2, 0) is 6.54 Å². The molecule has 0 aromatic heterocycles. The summed E-state index contributed by atoms with van der Waals surface area (Å²) in [5, 5.41) is 3.54. The van der Waals surface area contributed by atoms with E-state index in [-0.39, 0.29) is 0 Å². The van der Waals surface area contributed by atoms with Gasteiger partial charge in [-0.3, -0.25) is 0 Å². The lowest BCUT2D eigenvalue weighted by Gasteiger charge is -2.15. The molecule has 0 radical (unpaired) electrons. The summed E-state index contributed by atoms with van der Waals surface area (Å²) < 4.78 is 11.4. The third-order valence-corrected chi connectivity index (χ3v) is 4.31. The van der Waals surface area contributed by atoms with Crippen LogP contribution in [0.25, 0.3) is 0 Å². The van der Waals surface area contributed by atoms with Gasteiger partial charge in [-0.05, 0) is 36.8 Å². The van der Waals surface area contributed by atoms with E-state index in [1.807, 2.05) is 23.9 Å². The SMILES string of the molecule is CCSCCCOc1c(CNC2CC2)cccc1OC. The number of hydrogen-bond donors (Lipinski definition) is 1. The first kappa shape index (κ1) is 15.5. The van der Waals surface area contributed by atoms with Crippen molar-refractivity contribution in [1.82, 2.24) is 5.32 Å². The van der Waals surface area contributed by atoms with E-state index in [4.69, 9.17) is 9.47 Å². The largest absolute Gasteiger partial charge is 0.493 e. The highest BCUT2D eigenvalue weighted by Crippen LogP contribution is 2.32. The predicted molar refractivity (Wildman–Crippen MR) is 86.0 cm³/mol. The van der Waals surface area contributed by atoms with Crippen LogP contribution in [0.4, 0.5) is 0 Å². The Morgan fingerprint density at radius 3 is 2.90 bits per heavy atom. The van der Waals surface area contributed by atoms with Gasteiger partial charge in [-0.25, -0.2) is 0 Å². The minimum Gasteiger partial charge on any atom is -0.493 e. The Morgan fingerprint density at radius 1 is 1.35 bits per heavy atom. The molecule has 3 nitrogen and oxygen atoms in total. The van der Waals surface area contributed by atoms with Crippen LogP contribution in [0.1, 0.15) is 31.7 Å². The van der Waals surface area contributed by atoms with E-state index >= 15 is 0 Å². The molecule has 0 atom stereocenters. The zero-order chi connectivity index (χ0) is 14.2. The molecule has 1 saturated carbocycles. The van der Waals surface area contributed by atoms with Gasteiger partial charge in [0.05, 0.1) is 13.7 Å². The highest BCUT2D eigenvalue weighted by molar-refractivity contribution is 7.99. The fourth-order valence-corrected chi connectivity index (χ4v) is 2.66. The van der Waals surface area contributed by atoms with Crippen molar-refractivity contribution in [3.05, 3.63) is 23.8 Å². The molecule has 1 aromatic carbocycles. The molecule has 0 heterocycles. The number of thioether (sulfide) groups is 1. The van der Waals surface area contributed by atoms with Crippen molar-refractivity contribution in [3.63, 3.8) is 0 Å². The Morgan fingerprint density at radius 2 is 2.20 bits per heavy atom. The van der Waals surface area contributed by atoms with Gasteiger partial charge in [0, 0.05) is 18.2 Å². The van der Waals surface area contributed by atoms with Crippen LogP contribution in [0.2, 0.25) is 0 Å². The quantitative estimate of drug-likeness (QED) is 0.670. The van der Waals surface area contributed by atoms with Crippen LogP contribution in [0, 0.1) is 0 Å². The third-order valence-electron chi connectivity index (χ3n) is 3.32. The maximum absolute atomic E-state index is 5.98. The molecule has 0 spiro atoms. The van der Waals surface area contributed by atoms with Gasteiger partial charge in [-0.1, -0.05) is 19.1 Å². The van der Waals surface area contributed by atoms with Crippen LogP contribution in [-0.4, -0.2) is 31.3 Å². The second kappa shape index (κ2) is 8.42. The molecule has 2 rings (SSSR count). The van der Waals surface area contributed by atoms with Crippen LogP contribution in [0.3, 0.4) is 0 Å². The zero-order valence-electron chi connectivity index (χ0n) is 12.5. The topological polar surface area (TPSA) is 30.5 Å². The molecule has 4 heteroatoms. The Labute approximate surface area is 126 Å². The fourth-order valence-electron chi connectivity index (χ4n) is 2.05. The van der Waals surface area contributed by atoms with Crippen LogP contribution < -0.4 is 14.8 Å². The van der Waals surface area contributed by atoms with Gasteiger partial charge in [0.25, 0.3) is 0 Å².